The van der Waals surface area contributed by atoms with E-state index in [1.54, 1.807) is 38.4 Å². The second-order valence-corrected chi connectivity index (χ2v) is 21.6. The Morgan fingerprint density at radius 1 is 0.517 bits per heavy atom. The van der Waals surface area contributed by atoms with Gasteiger partial charge in [0.25, 0.3) is 0 Å². The third kappa shape index (κ3) is 19.5. The van der Waals surface area contributed by atoms with Gasteiger partial charge in [-0.15, -0.1) is 0 Å². The highest BCUT2D eigenvalue weighted by molar-refractivity contribution is 5.99. The molecule has 480 valence electrons. The standard InChI is InChI=1S/C57H76N16O16/c1-30(2)50(71-51(82)31(3)67-48(80)27-65-47(79)26-64-46(78)25-63-45(77)24-62-44(76)23-61-43(75)20-58)56(87)73-17-8-14-41(73)53(84)66-28-49(81)68-40(29-74)52(83)69-38(18-32-21-59-36-12-6-4-10-34(32)36)55(86)72-16-9-15-42(72)54(85)70-39(57(88)89)19-33-22-60-37-13-7-5-11-35(33)37/h4-7,10-13,21-22,30-31,38-42,50,59-60,74H,8-9,14-20,23-29,58H2,1-3H3,(H,61,75)(H,62,76)(H,63,77)(H,64,78)(H,65,79)(H,66,84)(H,67,80)(H,68,81)(H,69,83)(H,70,85)(H,71,82)(H,88,89)/t31-,38-,39-,40-,41-,42-,50-/m0/s1. The second-order valence-electron chi connectivity index (χ2n) is 21.6. The smallest absolute Gasteiger partial charge is 0.326 e. The number of aliphatic carboxylic acids is 1. The number of nitrogens with one attached hydrogen (secondary N) is 13. The molecule has 2 aliphatic rings. The number of aliphatic hydroxyl groups excluding tert-OH is 1. The lowest BCUT2D eigenvalue weighted by molar-refractivity contribution is -0.145. The predicted octanol–water partition coefficient (Wildman–Crippen LogP) is -5.75. The minimum Gasteiger partial charge on any atom is -0.480 e. The van der Waals surface area contributed by atoms with Gasteiger partial charge in [0, 0.05) is 60.1 Å². The Kier molecular flexibility index (Phi) is 25.0. The summed E-state index contributed by atoms with van der Waals surface area (Å²) in [5.74, 6) is -11.7. The number of benzene rings is 2. The molecule has 0 saturated carbocycles. The van der Waals surface area contributed by atoms with E-state index in [1.807, 2.05) is 36.4 Å². The summed E-state index contributed by atoms with van der Waals surface area (Å²) in [4.78, 5) is 190. The number of aliphatic hydroxyl groups is 1. The Hall–Kier alpha value is -9.98. The molecule has 2 saturated heterocycles. The summed E-state index contributed by atoms with van der Waals surface area (Å²) < 4.78 is 0. The number of H-pyrrole nitrogens is 2. The molecule has 89 heavy (non-hydrogen) atoms. The summed E-state index contributed by atoms with van der Waals surface area (Å²) in [6, 6.07) is 5.49. The van der Waals surface area contributed by atoms with Gasteiger partial charge >= 0.3 is 5.97 Å². The zero-order valence-electron chi connectivity index (χ0n) is 49.3. The van der Waals surface area contributed by atoms with Crippen LogP contribution in [0.5, 0.6) is 0 Å². The largest absolute Gasteiger partial charge is 0.480 e. The number of hydrogen-bond donors (Lipinski definition) is 16. The first-order valence-electron chi connectivity index (χ1n) is 28.8. The number of nitrogens with zero attached hydrogens (tertiary/aromatic N) is 2. The number of likely N-dealkylation sites (tertiary alicyclic amines) is 2. The van der Waals surface area contributed by atoms with E-state index in [1.165, 1.54) is 16.7 Å². The molecule has 0 unspecified atom stereocenters. The fourth-order valence-electron chi connectivity index (χ4n) is 10.1. The van der Waals surface area contributed by atoms with Crippen molar-refractivity contribution in [3.05, 3.63) is 72.1 Å². The molecule has 13 amide bonds. The van der Waals surface area contributed by atoms with Crippen LogP contribution >= 0.6 is 0 Å². The summed E-state index contributed by atoms with van der Waals surface area (Å²) in [5.41, 5.74) is 7.92. The Balaban J connectivity index is 0.971. The molecule has 0 bridgehead atoms. The van der Waals surface area contributed by atoms with Crippen molar-refractivity contribution in [2.24, 2.45) is 11.7 Å². The minimum atomic E-state index is -1.65. The van der Waals surface area contributed by atoms with E-state index in [4.69, 9.17) is 5.73 Å². The van der Waals surface area contributed by atoms with Crippen molar-refractivity contribution in [3.63, 3.8) is 0 Å². The van der Waals surface area contributed by atoms with Gasteiger partial charge in [-0.2, -0.15) is 0 Å². The fraction of sp³-hybridized carbons (Fsp3) is 0.474. The van der Waals surface area contributed by atoms with E-state index in [0.717, 1.165) is 21.8 Å². The summed E-state index contributed by atoms with van der Waals surface area (Å²) in [6.45, 7) is 0.0956. The van der Waals surface area contributed by atoms with Gasteiger partial charge in [0.2, 0.25) is 76.8 Å². The van der Waals surface area contributed by atoms with Gasteiger partial charge < -0.3 is 94.2 Å². The van der Waals surface area contributed by atoms with E-state index in [9.17, 15) is 77.3 Å². The molecule has 4 heterocycles. The van der Waals surface area contributed by atoms with Gasteiger partial charge in [0.1, 0.15) is 42.3 Å². The lowest BCUT2D eigenvalue weighted by Gasteiger charge is -2.31. The van der Waals surface area contributed by atoms with Gasteiger partial charge in [-0.05, 0) is 61.8 Å². The molecule has 2 aliphatic heterocycles. The van der Waals surface area contributed by atoms with Crippen LogP contribution in [0.3, 0.4) is 0 Å². The number of hydrogen-bond acceptors (Lipinski definition) is 16. The molecule has 17 N–H and O–H groups in total. The molecule has 0 radical (unpaired) electrons. The van der Waals surface area contributed by atoms with Crippen LogP contribution in [0.4, 0.5) is 0 Å². The third-order valence-corrected chi connectivity index (χ3v) is 14.8. The Morgan fingerprint density at radius 2 is 0.966 bits per heavy atom. The topological polar surface area (TPSA) is 476 Å². The average molecular weight is 1240 g/mol. The van der Waals surface area contributed by atoms with Crippen LogP contribution in [0.15, 0.2) is 60.9 Å². The van der Waals surface area contributed by atoms with E-state index in [2.05, 4.69) is 68.5 Å². The van der Waals surface area contributed by atoms with E-state index >= 15 is 0 Å². The number of carboxylic acid groups (broad SMARTS) is 1. The number of amides is 13. The first-order chi connectivity index (χ1) is 42.5. The highest BCUT2D eigenvalue weighted by atomic mass is 16.4. The summed E-state index contributed by atoms with van der Waals surface area (Å²) in [5, 5.41) is 48.3. The fourth-order valence-corrected chi connectivity index (χ4v) is 10.1. The SMILES string of the molecule is CC(C)[C@H](NC(=O)[C@H](C)NC(=O)CNC(=O)CNC(=O)CNC(=O)CNC(=O)CNC(=O)CN)C(=O)N1CCC[C@H]1C(=O)NCC(=O)N[C@@H](CO)C(=O)N[C@@H](Cc1c[nH]c2ccccc12)C(=O)N1CCC[C@H]1C(=O)N[C@@H](Cc1c[nH]c2ccccc12)C(=O)O. The van der Waals surface area contributed by atoms with E-state index in [0.29, 0.717) is 24.0 Å². The number of aromatic nitrogens is 2. The van der Waals surface area contributed by atoms with Gasteiger partial charge in [0.05, 0.1) is 52.4 Å². The molecule has 2 fully saturated rings. The quantitative estimate of drug-likeness (QED) is 0.0223. The normalized spacial score (nSPS) is 16.2. The number of carbonyl (C=O) groups excluding carboxylic acids is 13. The number of nitrogens with two attached hydrogens (primary N) is 1. The van der Waals surface area contributed by atoms with Crippen molar-refractivity contribution in [2.75, 3.05) is 65.5 Å². The zero-order chi connectivity index (χ0) is 64.9. The predicted molar refractivity (Wildman–Crippen MR) is 315 cm³/mol. The third-order valence-electron chi connectivity index (χ3n) is 14.8. The number of carbonyl (C=O) groups is 14. The molecule has 7 atom stereocenters. The molecule has 2 aromatic heterocycles. The second kappa shape index (κ2) is 32.7. The lowest BCUT2D eigenvalue weighted by Crippen LogP contribution is -2.59. The summed E-state index contributed by atoms with van der Waals surface area (Å²) in [6.07, 6.45) is 4.30. The van der Waals surface area contributed by atoms with Crippen LogP contribution in [0, 0.1) is 5.92 Å². The first kappa shape index (κ1) is 68.1. The van der Waals surface area contributed by atoms with E-state index < -0.39 is 177 Å². The molecular weight excluding hydrogens is 1160 g/mol. The lowest BCUT2D eigenvalue weighted by atomic mass is 10.0. The molecular formula is C57H76N16O16. The van der Waals surface area contributed by atoms with Gasteiger partial charge in [-0.3, -0.25) is 62.3 Å². The maximum atomic E-state index is 14.6. The summed E-state index contributed by atoms with van der Waals surface area (Å²) in [7, 11) is 0. The number of aromatic amines is 2. The van der Waals surface area contributed by atoms with Crippen LogP contribution in [0.1, 0.15) is 57.6 Å². The van der Waals surface area contributed by atoms with Crippen molar-refractivity contribution < 1.29 is 77.3 Å². The molecule has 4 aromatic rings. The molecule has 6 rings (SSSR count). The maximum Gasteiger partial charge on any atom is 0.326 e. The van der Waals surface area contributed by atoms with Crippen molar-refractivity contribution in [2.45, 2.75) is 102 Å². The number of carboxylic acids is 1. The number of fused-ring (bicyclic) bond motifs is 2. The molecule has 2 aromatic carbocycles. The van der Waals surface area contributed by atoms with Crippen molar-refractivity contribution in [1.82, 2.24) is 78.3 Å². The first-order valence-corrected chi connectivity index (χ1v) is 28.8. The van der Waals surface area contributed by atoms with Crippen molar-refractivity contribution in [1.29, 1.82) is 0 Å². The van der Waals surface area contributed by atoms with Gasteiger partial charge in [-0.25, -0.2) is 4.79 Å². The molecule has 32 heteroatoms. The molecule has 0 aliphatic carbocycles. The highest BCUT2D eigenvalue weighted by Gasteiger charge is 2.42. The molecule has 0 spiro atoms. The van der Waals surface area contributed by atoms with Crippen molar-refractivity contribution >= 4 is 105 Å². The Labute approximate surface area is 509 Å². The number of rotatable bonds is 31. The average Bonchev–Trinajstić information content (AvgIpc) is 1.94. The Morgan fingerprint density at radius 3 is 1.46 bits per heavy atom. The summed E-state index contributed by atoms with van der Waals surface area (Å²) >= 11 is 0. The van der Waals surface area contributed by atoms with Crippen LogP contribution < -0.4 is 64.2 Å². The van der Waals surface area contributed by atoms with Crippen LogP contribution in [-0.4, -0.2) is 221 Å². The maximum absolute atomic E-state index is 14.6. The zero-order valence-corrected chi connectivity index (χ0v) is 49.3. The van der Waals surface area contributed by atoms with Crippen LogP contribution in [0.2, 0.25) is 0 Å². The van der Waals surface area contributed by atoms with Crippen LogP contribution in [0.25, 0.3) is 21.8 Å². The monoisotopic (exact) mass is 1240 g/mol. The Bertz CT molecular complexity index is 3290. The van der Waals surface area contributed by atoms with Gasteiger partial charge in [0.15, 0.2) is 0 Å². The van der Waals surface area contributed by atoms with E-state index in [-0.39, 0.29) is 45.3 Å². The molecule has 32 nitrogen and oxygen atoms in total. The van der Waals surface area contributed by atoms with Crippen LogP contribution in [-0.2, 0) is 80.0 Å². The minimum absolute atomic E-state index is 0.0538. The number of para-hydroxylation sites is 2. The van der Waals surface area contributed by atoms with Crippen molar-refractivity contribution in [3.8, 4) is 0 Å². The van der Waals surface area contributed by atoms with Gasteiger partial charge in [-0.1, -0.05) is 50.2 Å². The highest BCUT2D eigenvalue weighted by Crippen LogP contribution is 2.25.